The molecule has 0 saturated carbocycles. The van der Waals surface area contributed by atoms with E-state index in [1.165, 1.54) is 0 Å². The molecular weight excluding hydrogens is 368 g/mol. The molecule has 0 bridgehead atoms. The number of benzene rings is 2. The van der Waals surface area contributed by atoms with E-state index in [9.17, 15) is 9.59 Å². The third-order valence-electron chi connectivity index (χ3n) is 4.95. The van der Waals surface area contributed by atoms with Crippen molar-refractivity contribution in [3.05, 3.63) is 54.1 Å². The number of aromatic amines is 1. The van der Waals surface area contributed by atoms with E-state index in [1.807, 2.05) is 57.2 Å². The van der Waals surface area contributed by atoms with Crippen LogP contribution in [-0.4, -0.2) is 39.9 Å². The van der Waals surface area contributed by atoms with Crippen molar-refractivity contribution in [2.24, 2.45) is 5.41 Å². The van der Waals surface area contributed by atoms with Gasteiger partial charge in [0.15, 0.2) is 0 Å². The maximum absolute atomic E-state index is 12.7. The lowest BCUT2D eigenvalue weighted by Gasteiger charge is -2.31. The van der Waals surface area contributed by atoms with Gasteiger partial charge in [-0.25, -0.2) is 4.79 Å². The Morgan fingerprint density at radius 2 is 1.79 bits per heavy atom. The van der Waals surface area contributed by atoms with Crippen molar-refractivity contribution in [3.8, 4) is 11.3 Å². The largest absolute Gasteiger partial charge is 0.465 e. The Labute approximate surface area is 169 Å². The van der Waals surface area contributed by atoms with Gasteiger partial charge >= 0.3 is 6.09 Å². The minimum Gasteiger partial charge on any atom is -0.465 e. The molecule has 2 amide bonds. The van der Waals surface area contributed by atoms with Crippen LogP contribution >= 0.6 is 0 Å². The monoisotopic (exact) mass is 394 g/mol. The molecule has 1 aromatic heterocycles. The molecule has 29 heavy (non-hydrogen) atoms. The van der Waals surface area contributed by atoms with Crippen molar-refractivity contribution >= 4 is 22.9 Å². The first kappa shape index (κ1) is 20.4. The van der Waals surface area contributed by atoms with Gasteiger partial charge in [-0.3, -0.25) is 9.89 Å². The molecule has 0 radical (unpaired) electrons. The Balaban J connectivity index is 1.72. The van der Waals surface area contributed by atoms with E-state index < -0.39 is 6.09 Å². The summed E-state index contributed by atoms with van der Waals surface area (Å²) in [5.41, 5.74) is 3.09. The number of para-hydroxylation sites is 1. The number of hydrogen-bond donors (Lipinski definition) is 4. The van der Waals surface area contributed by atoms with E-state index >= 15 is 0 Å². The van der Waals surface area contributed by atoms with E-state index in [0.29, 0.717) is 12.0 Å². The topological polar surface area (TPSA) is 107 Å². The van der Waals surface area contributed by atoms with E-state index in [-0.39, 0.29) is 23.9 Å². The fourth-order valence-electron chi connectivity index (χ4n) is 3.25. The number of H-pyrrole nitrogens is 1. The van der Waals surface area contributed by atoms with E-state index in [4.69, 9.17) is 5.11 Å². The molecule has 1 atom stereocenters. The number of carbonyl (C=O) groups excluding carboxylic acids is 1. The quantitative estimate of drug-likeness (QED) is 0.506. The minimum absolute atomic E-state index is 0.170. The van der Waals surface area contributed by atoms with Gasteiger partial charge in [-0.05, 0) is 30.0 Å². The second-order valence-corrected chi connectivity index (χ2v) is 8.11. The second kappa shape index (κ2) is 8.34. The number of nitrogens with zero attached hydrogens (tertiary/aromatic N) is 1. The zero-order valence-corrected chi connectivity index (χ0v) is 16.8. The summed E-state index contributed by atoms with van der Waals surface area (Å²) in [6.45, 7) is 6.34. The van der Waals surface area contributed by atoms with Crippen molar-refractivity contribution in [2.45, 2.75) is 33.2 Å². The molecule has 0 aliphatic heterocycles. The summed E-state index contributed by atoms with van der Waals surface area (Å²) in [5, 5.41) is 22.6. The van der Waals surface area contributed by atoms with Gasteiger partial charge in [-0.2, -0.15) is 5.10 Å². The van der Waals surface area contributed by atoms with Crippen molar-refractivity contribution in [3.63, 3.8) is 0 Å². The molecule has 1 heterocycles. The van der Waals surface area contributed by atoms with Crippen LogP contribution in [0.1, 0.15) is 37.6 Å². The summed E-state index contributed by atoms with van der Waals surface area (Å²) >= 11 is 0. The highest BCUT2D eigenvalue weighted by Crippen LogP contribution is 2.26. The van der Waals surface area contributed by atoms with E-state index in [0.717, 1.165) is 22.2 Å². The van der Waals surface area contributed by atoms with Crippen molar-refractivity contribution in [2.75, 3.05) is 6.54 Å². The van der Waals surface area contributed by atoms with Gasteiger partial charge in [0, 0.05) is 29.1 Å². The summed E-state index contributed by atoms with van der Waals surface area (Å²) < 4.78 is 0. The maximum Gasteiger partial charge on any atom is 0.404 e. The number of nitrogens with one attached hydrogen (secondary N) is 3. The Hall–Kier alpha value is -3.35. The molecule has 0 saturated heterocycles. The molecule has 0 aliphatic carbocycles. The molecule has 7 nitrogen and oxygen atoms in total. The van der Waals surface area contributed by atoms with Crippen LogP contribution in [0.25, 0.3) is 22.2 Å². The summed E-state index contributed by atoms with van der Waals surface area (Å²) in [4.78, 5) is 23.4. The van der Waals surface area contributed by atoms with Gasteiger partial charge < -0.3 is 15.7 Å². The first-order valence-corrected chi connectivity index (χ1v) is 9.57. The summed E-state index contributed by atoms with van der Waals surface area (Å²) in [6, 6.07) is 15.1. The van der Waals surface area contributed by atoms with Gasteiger partial charge in [0.05, 0.1) is 11.2 Å². The van der Waals surface area contributed by atoms with Crippen LogP contribution < -0.4 is 10.6 Å². The fraction of sp³-hybridized carbons (Fsp3) is 0.318. The number of amides is 2. The lowest BCUT2D eigenvalue weighted by Crippen LogP contribution is -2.45. The number of fused-ring (bicyclic) bond motifs is 1. The zero-order chi connectivity index (χ0) is 21.0. The Bertz CT molecular complexity index is 1000. The van der Waals surface area contributed by atoms with Crippen LogP contribution in [0.15, 0.2) is 48.5 Å². The molecule has 1 unspecified atom stereocenters. The van der Waals surface area contributed by atoms with Crippen LogP contribution in [-0.2, 0) is 0 Å². The van der Waals surface area contributed by atoms with Crippen LogP contribution in [0, 0.1) is 5.41 Å². The zero-order valence-electron chi connectivity index (χ0n) is 16.8. The summed E-state index contributed by atoms with van der Waals surface area (Å²) in [5.74, 6) is -0.182. The normalized spacial score (nSPS) is 12.5. The molecule has 7 heteroatoms. The van der Waals surface area contributed by atoms with E-state index in [2.05, 4.69) is 20.8 Å². The number of carbonyl (C=O) groups is 2. The lowest BCUT2D eigenvalue weighted by molar-refractivity contribution is 0.0898. The lowest BCUT2D eigenvalue weighted by atomic mass is 9.84. The first-order valence-electron chi connectivity index (χ1n) is 9.57. The third-order valence-corrected chi connectivity index (χ3v) is 4.95. The fourth-order valence-corrected chi connectivity index (χ4v) is 3.25. The average Bonchev–Trinajstić information content (AvgIpc) is 3.10. The maximum atomic E-state index is 12.7. The van der Waals surface area contributed by atoms with Gasteiger partial charge in [0.25, 0.3) is 5.91 Å². The molecule has 2 aromatic carbocycles. The molecule has 4 N–H and O–H groups in total. The SMILES string of the molecule is CC(C)(C)C(CCNC(=O)O)NC(=O)c1ccc(-c2n[nH]c3ccccc23)cc1. The standard InChI is InChI=1S/C22H26N4O3/c1-22(2,3)18(12-13-23-21(28)29)24-20(27)15-10-8-14(9-11-15)19-16-6-4-5-7-17(16)25-26-19/h4-11,18,23H,12-13H2,1-3H3,(H,24,27)(H,25,26)(H,28,29). The van der Waals surface area contributed by atoms with Gasteiger partial charge in [-0.1, -0.05) is 51.1 Å². The van der Waals surface area contributed by atoms with Crippen LogP contribution in [0.3, 0.4) is 0 Å². The highest BCUT2D eigenvalue weighted by Gasteiger charge is 2.26. The van der Waals surface area contributed by atoms with Gasteiger partial charge in [0.1, 0.15) is 0 Å². The molecule has 0 fully saturated rings. The van der Waals surface area contributed by atoms with Crippen LogP contribution in [0.4, 0.5) is 4.79 Å². The Morgan fingerprint density at radius 1 is 1.10 bits per heavy atom. The number of aromatic nitrogens is 2. The predicted molar refractivity (Wildman–Crippen MR) is 113 cm³/mol. The summed E-state index contributed by atoms with van der Waals surface area (Å²) in [7, 11) is 0. The smallest absolute Gasteiger partial charge is 0.404 e. The minimum atomic E-state index is -1.06. The number of hydrogen-bond acceptors (Lipinski definition) is 3. The molecular formula is C22H26N4O3. The molecule has 0 aliphatic rings. The van der Waals surface area contributed by atoms with Crippen molar-refractivity contribution in [1.82, 2.24) is 20.8 Å². The van der Waals surface area contributed by atoms with Crippen molar-refractivity contribution < 1.29 is 14.7 Å². The highest BCUT2D eigenvalue weighted by molar-refractivity contribution is 5.96. The van der Waals surface area contributed by atoms with Crippen LogP contribution in [0.5, 0.6) is 0 Å². The summed E-state index contributed by atoms with van der Waals surface area (Å²) in [6.07, 6.45) is -0.552. The molecule has 3 rings (SSSR count). The van der Waals surface area contributed by atoms with Crippen molar-refractivity contribution in [1.29, 1.82) is 0 Å². The first-order chi connectivity index (χ1) is 13.8. The molecule has 0 spiro atoms. The Morgan fingerprint density at radius 3 is 2.45 bits per heavy atom. The van der Waals surface area contributed by atoms with Gasteiger partial charge in [-0.15, -0.1) is 0 Å². The predicted octanol–water partition coefficient (Wildman–Crippen LogP) is 4.03. The second-order valence-electron chi connectivity index (χ2n) is 8.11. The van der Waals surface area contributed by atoms with Crippen LogP contribution in [0.2, 0.25) is 0 Å². The number of carboxylic acid groups (broad SMARTS) is 1. The Kier molecular flexibility index (Phi) is 5.87. The molecule has 3 aromatic rings. The molecule has 152 valence electrons. The number of rotatable bonds is 6. The van der Waals surface area contributed by atoms with Gasteiger partial charge in [0.2, 0.25) is 0 Å². The third kappa shape index (κ3) is 4.93. The van der Waals surface area contributed by atoms with E-state index in [1.54, 1.807) is 12.1 Å². The highest BCUT2D eigenvalue weighted by atomic mass is 16.4. The average molecular weight is 394 g/mol.